The monoisotopic (exact) mass is 348 g/mol. The highest BCUT2D eigenvalue weighted by atomic mass is 19.4. The van der Waals surface area contributed by atoms with Crippen LogP contribution >= 0.6 is 0 Å². The highest BCUT2D eigenvalue weighted by Gasteiger charge is 2.30. The van der Waals surface area contributed by atoms with E-state index in [1.165, 1.54) is 12.1 Å². The first kappa shape index (κ1) is 18.0. The lowest BCUT2D eigenvalue weighted by Gasteiger charge is -2.09. The zero-order valence-electron chi connectivity index (χ0n) is 12.6. The standard InChI is InChI=1S/C17H11F3N2O3/c18-17(19,20)13-7-5-11(6-8-13)16(24)25-10-15(23)22-14-4-2-1-3-12(14)9-21/h1-8H,10H2,(H,22,23). The van der Waals surface area contributed by atoms with Gasteiger partial charge in [0.05, 0.1) is 22.4 Å². The van der Waals surface area contributed by atoms with Crippen LogP contribution in [0.15, 0.2) is 48.5 Å². The van der Waals surface area contributed by atoms with E-state index in [0.717, 1.165) is 24.3 Å². The fourth-order valence-corrected chi connectivity index (χ4v) is 1.89. The number of benzene rings is 2. The van der Waals surface area contributed by atoms with Gasteiger partial charge in [0.15, 0.2) is 6.61 Å². The normalized spacial score (nSPS) is 10.6. The third kappa shape index (κ3) is 4.81. The van der Waals surface area contributed by atoms with Crippen molar-refractivity contribution in [2.45, 2.75) is 6.18 Å². The van der Waals surface area contributed by atoms with Gasteiger partial charge in [-0.3, -0.25) is 4.79 Å². The van der Waals surface area contributed by atoms with Crippen molar-refractivity contribution in [1.29, 1.82) is 5.26 Å². The van der Waals surface area contributed by atoms with Gasteiger partial charge in [-0.25, -0.2) is 4.79 Å². The topological polar surface area (TPSA) is 79.2 Å². The van der Waals surface area contributed by atoms with Gasteiger partial charge in [0.25, 0.3) is 5.91 Å². The Balaban J connectivity index is 1.93. The number of amides is 1. The molecule has 5 nitrogen and oxygen atoms in total. The second-order valence-corrected chi connectivity index (χ2v) is 4.86. The third-order valence-corrected chi connectivity index (χ3v) is 3.10. The summed E-state index contributed by atoms with van der Waals surface area (Å²) in [6.45, 7) is -0.639. The number of hydrogen-bond donors (Lipinski definition) is 1. The highest BCUT2D eigenvalue weighted by molar-refractivity contribution is 5.96. The Morgan fingerprint density at radius 2 is 1.72 bits per heavy atom. The van der Waals surface area contributed by atoms with Crippen molar-refractivity contribution < 1.29 is 27.5 Å². The predicted octanol–water partition coefficient (Wildman–Crippen LogP) is 3.37. The summed E-state index contributed by atoms with van der Waals surface area (Å²) in [7, 11) is 0. The van der Waals surface area contributed by atoms with Gasteiger partial charge in [0.1, 0.15) is 6.07 Å². The molecule has 1 amide bonds. The van der Waals surface area contributed by atoms with E-state index in [0.29, 0.717) is 0 Å². The summed E-state index contributed by atoms with van der Waals surface area (Å²) in [4.78, 5) is 23.5. The maximum atomic E-state index is 12.5. The number of carbonyl (C=O) groups excluding carboxylic acids is 2. The van der Waals surface area contributed by atoms with Gasteiger partial charge >= 0.3 is 12.1 Å². The minimum absolute atomic E-state index is 0.113. The van der Waals surface area contributed by atoms with Gasteiger partial charge in [-0.15, -0.1) is 0 Å². The van der Waals surface area contributed by atoms with E-state index in [9.17, 15) is 22.8 Å². The molecule has 0 atom stereocenters. The van der Waals surface area contributed by atoms with E-state index < -0.39 is 30.2 Å². The summed E-state index contributed by atoms with van der Waals surface area (Å²) < 4.78 is 42.1. The summed E-state index contributed by atoms with van der Waals surface area (Å²) in [5, 5.41) is 11.3. The van der Waals surface area contributed by atoms with E-state index in [4.69, 9.17) is 10.00 Å². The molecule has 0 aromatic heterocycles. The smallest absolute Gasteiger partial charge is 0.416 e. The average molecular weight is 348 g/mol. The van der Waals surface area contributed by atoms with E-state index in [1.54, 1.807) is 12.1 Å². The number of hydrogen-bond acceptors (Lipinski definition) is 4. The Labute approximate surface area is 140 Å². The molecule has 2 rings (SSSR count). The first-order valence-corrected chi connectivity index (χ1v) is 6.94. The predicted molar refractivity (Wildman–Crippen MR) is 81.5 cm³/mol. The van der Waals surface area contributed by atoms with Crippen molar-refractivity contribution in [3.63, 3.8) is 0 Å². The molecule has 0 spiro atoms. The van der Waals surface area contributed by atoms with Crippen molar-refractivity contribution in [2.24, 2.45) is 0 Å². The minimum Gasteiger partial charge on any atom is -0.452 e. The number of nitrogens with zero attached hydrogens (tertiary/aromatic N) is 1. The molecule has 128 valence electrons. The number of nitrogens with one attached hydrogen (secondary N) is 1. The van der Waals surface area contributed by atoms with Crippen LogP contribution in [0.1, 0.15) is 21.5 Å². The largest absolute Gasteiger partial charge is 0.452 e. The van der Waals surface area contributed by atoms with E-state index in [2.05, 4.69) is 5.32 Å². The van der Waals surface area contributed by atoms with Crippen molar-refractivity contribution in [1.82, 2.24) is 0 Å². The van der Waals surface area contributed by atoms with Crippen LogP contribution in [-0.4, -0.2) is 18.5 Å². The molecular weight excluding hydrogens is 337 g/mol. The number of rotatable bonds is 4. The number of anilines is 1. The number of ether oxygens (including phenoxy) is 1. The van der Waals surface area contributed by atoms with Crippen LogP contribution in [0.3, 0.4) is 0 Å². The number of carbonyl (C=O) groups is 2. The van der Waals surface area contributed by atoms with Crippen LogP contribution in [0, 0.1) is 11.3 Å². The first-order chi connectivity index (χ1) is 11.8. The van der Waals surface area contributed by atoms with Gasteiger partial charge in [-0.2, -0.15) is 18.4 Å². The van der Waals surface area contributed by atoms with E-state index >= 15 is 0 Å². The minimum atomic E-state index is -4.50. The van der Waals surface area contributed by atoms with Crippen LogP contribution in [0.2, 0.25) is 0 Å². The van der Waals surface area contributed by atoms with Gasteiger partial charge in [0.2, 0.25) is 0 Å². The molecule has 0 aliphatic carbocycles. The zero-order valence-corrected chi connectivity index (χ0v) is 12.6. The second kappa shape index (κ2) is 7.49. The summed E-state index contributed by atoms with van der Waals surface area (Å²) in [5.41, 5.74) is -0.501. The van der Waals surface area contributed by atoms with Crippen molar-refractivity contribution >= 4 is 17.6 Å². The van der Waals surface area contributed by atoms with Crippen molar-refractivity contribution in [2.75, 3.05) is 11.9 Å². The Morgan fingerprint density at radius 1 is 1.08 bits per heavy atom. The van der Waals surface area contributed by atoms with E-state index in [1.807, 2.05) is 6.07 Å². The number of para-hydroxylation sites is 1. The molecule has 2 aromatic carbocycles. The number of nitriles is 1. The Hall–Kier alpha value is -3.34. The van der Waals surface area contributed by atoms with Gasteiger partial charge in [-0.05, 0) is 36.4 Å². The first-order valence-electron chi connectivity index (χ1n) is 6.94. The van der Waals surface area contributed by atoms with Crippen LogP contribution < -0.4 is 5.32 Å². The Bertz CT molecular complexity index is 824. The fraction of sp³-hybridized carbons (Fsp3) is 0.118. The quantitative estimate of drug-likeness (QED) is 0.859. The number of esters is 1. The maximum absolute atomic E-state index is 12.5. The molecule has 0 saturated heterocycles. The SMILES string of the molecule is N#Cc1ccccc1NC(=O)COC(=O)c1ccc(C(F)(F)F)cc1. The molecule has 0 aliphatic heterocycles. The molecule has 0 unspecified atom stereocenters. The van der Waals surface area contributed by atoms with Gasteiger partial charge in [0, 0.05) is 0 Å². The Kier molecular flexibility index (Phi) is 5.39. The third-order valence-electron chi connectivity index (χ3n) is 3.10. The number of halogens is 3. The van der Waals surface area contributed by atoms with Crippen LogP contribution in [0.5, 0.6) is 0 Å². The molecule has 2 aromatic rings. The maximum Gasteiger partial charge on any atom is 0.416 e. The summed E-state index contributed by atoms with van der Waals surface area (Å²) in [5.74, 6) is -1.61. The molecule has 25 heavy (non-hydrogen) atoms. The second-order valence-electron chi connectivity index (χ2n) is 4.86. The van der Waals surface area contributed by atoms with Gasteiger partial charge < -0.3 is 10.1 Å². The van der Waals surface area contributed by atoms with Crippen molar-refractivity contribution in [3.05, 3.63) is 65.2 Å². The highest BCUT2D eigenvalue weighted by Crippen LogP contribution is 2.29. The summed E-state index contributed by atoms with van der Waals surface area (Å²) in [6.07, 6.45) is -4.50. The van der Waals surface area contributed by atoms with Crippen LogP contribution in [0.4, 0.5) is 18.9 Å². The molecule has 1 N–H and O–H groups in total. The molecule has 0 bridgehead atoms. The zero-order chi connectivity index (χ0) is 18.4. The van der Waals surface area contributed by atoms with Crippen molar-refractivity contribution in [3.8, 4) is 6.07 Å². The lowest BCUT2D eigenvalue weighted by molar-refractivity contribution is -0.137. The number of alkyl halides is 3. The molecule has 0 heterocycles. The molecule has 8 heteroatoms. The summed E-state index contributed by atoms with van der Waals surface area (Å²) >= 11 is 0. The molecule has 0 fully saturated rings. The average Bonchev–Trinajstić information content (AvgIpc) is 2.59. The summed E-state index contributed by atoms with van der Waals surface area (Å²) in [6, 6.07) is 11.6. The van der Waals surface area contributed by atoms with Gasteiger partial charge in [-0.1, -0.05) is 12.1 Å². The lowest BCUT2D eigenvalue weighted by Crippen LogP contribution is -2.21. The molecular formula is C17H11F3N2O3. The lowest BCUT2D eigenvalue weighted by atomic mass is 10.1. The Morgan fingerprint density at radius 3 is 2.32 bits per heavy atom. The fourth-order valence-electron chi connectivity index (χ4n) is 1.89. The molecule has 0 aliphatic rings. The molecule has 0 saturated carbocycles. The molecule has 0 radical (unpaired) electrons. The van der Waals surface area contributed by atoms with Crippen LogP contribution in [0.25, 0.3) is 0 Å². The van der Waals surface area contributed by atoms with Crippen LogP contribution in [-0.2, 0) is 15.7 Å². The van der Waals surface area contributed by atoms with E-state index in [-0.39, 0.29) is 16.8 Å².